The molecule has 0 N–H and O–H groups in total. The van der Waals surface area contributed by atoms with Crippen LogP contribution in [0.4, 0.5) is 0 Å². The van der Waals surface area contributed by atoms with E-state index in [9.17, 15) is 14.4 Å². The third-order valence-electron chi connectivity index (χ3n) is 4.89. The Labute approximate surface area is 197 Å². The van der Waals surface area contributed by atoms with Crippen LogP contribution in [0.15, 0.2) is 77.3 Å². The molecule has 0 amide bonds. The molecule has 8 nitrogen and oxygen atoms in total. The predicted molar refractivity (Wildman–Crippen MR) is 127 cm³/mol. The number of carbonyl (C=O) groups is 2. The first kappa shape index (κ1) is 24.4. The highest BCUT2D eigenvalue weighted by Crippen LogP contribution is 2.32. The molecule has 8 heteroatoms. The van der Waals surface area contributed by atoms with Gasteiger partial charge >= 0.3 is 11.9 Å². The van der Waals surface area contributed by atoms with Gasteiger partial charge in [-0.3, -0.25) is 9.36 Å². The van der Waals surface area contributed by atoms with Gasteiger partial charge < -0.3 is 14.2 Å². The molecule has 0 saturated heterocycles. The van der Waals surface area contributed by atoms with Crippen LogP contribution in [0.5, 0.6) is 5.88 Å². The molecule has 0 bridgehead atoms. The molecular weight excluding hydrogens is 436 g/mol. The third-order valence-corrected chi connectivity index (χ3v) is 4.89. The van der Waals surface area contributed by atoms with E-state index < -0.39 is 23.1 Å². The molecule has 0 aliphatic rings. The zero-order valence-electron chi connectivity index (χ0n) is 19.7. The maximum absolute atomic E-state index is 13.9. The van der Waals surface area contributed by atoms with Crippen LogP contribution in [0, 0.1) is 0 Å². The normalized spacial score (nSPS) is 11.6. The Morgan fingerprint density at radius 3 is 2.03 bits per heavy atom. The number of methoxy groups -OCH3 is 2. The van der Waals surface area contributed by atoms with Gasteiger partial charge in [0.25, 0.3) is 5.56 Å². The van der Waals surface area contributed by atoms with E-state index in [0.29, 0.717) is 17.1 Å². The minimum absolute atomic E-state index is 0.107. The van der Waals surface area contributed by atoms with Gasteiger partial charge in [-0.05, 0) is 17.5 Å². The second-order valence-corrected chi connectivity index (χ2v) is 8.33. The average Bonchev–Trinajstić information content (AvgIpc) is 2.82. The molecule has 176 valence electrons. The maximum Gasteiger partial charge on any atom is 0.374 e. The number of para-hydroxylation sites is 1. The zero-order valence-corrected chi connectivity index (χ0v) is 19.7. The maximum atomic E-state index is 13.9. The number of nitrogens with zero attached hydrogens (tertiary/aromatic N) is 2. The highest BCUT2D eigenvalue weighted by molar-refractivity contribution is 5.95. The summed E-state index contributed by atoms with van der Waals surface area (Å²) in [6.45, 7) is 5.49. The smallest absolute Gasteiger partial charge is 0.374 e. The monoisotopic (exact) mass is 462 g/mol. The van der Waals surface area contributed by atoms with E-state index in [1.165, 1.54) is 11.7 Å². The highest BCUT2D eigenvalue weighted by atomic mass is 16.6. The van der Waals surface area contributed by atoms with Crippen LogP contribution in [0.25, 0.3) is 17.1 Å². The summed E-state index contributed by atoms with van der Waals surface area (Å²) in [7, 11) is 2.32. The Morgan fingerprint density at radius 2 is 1.50 bits per heavy atom. The molecule has 3 rings (SSSR count). The van der Waals surface area contributed by atoms with E-state index in [2.05, 4.69) is 9.72 Å². The Kier molecular flexibility index (Phi) is 7.31. The minimum atomic E-state index is -0.916. The predicted octanol–water partition coefficient (Wildman–Crippen LogP) is 3.81. The molecule has 0 aliphatic heterocycles. The van der Waals surface area contributed by atoms with Crippen LogP contribution in [0.3, 0.4) is 0 Å². The number of hydrogen-bond acceptors (Lipinski definition) is 7. The van der Waals surface area contributed by atoms with E-state index in [1.807, 2.05) is 69.3 Å². The van der Waals surface area contributed by atoms with E-state index in [4.69, 9.17) is 9.47 Å². The van der Waals surface area contributed by atoms with Crippen molar-refractivity contribution < 1.29 is 23.8 Å². The van der Waals surface area contributed by atoms with Gasteiger partial charge in [-0.15, -0.1) is 0 Å². The highest BCUT2D eigenvalue weighted by Gasteiger charge is 2.30. The van der Waals surface area contributed by atoms with E-state index in [0.717, 1.165) is 13.2 Å². The topological polar surface area (TPSA) is 96.7 Å². The van der Waals surface area contributed by atoms with Crippen LogP contribution in [0.1, 0.15) is 26.3 Å². The van der Waals surface area contributed by atoms with Gasteiger partial charge in [0, 0.05) is 5.56 Å². The Hall–Kier alpha value is -4.20. The van der Waals surface area contributed by atoms with Gasteiger partial charge in [0.2, 0.25) is 11.6 Å². The molecule has 1 heterocycles. The summed E-state index contributed by atoms with van der Waals surface area (Å²) in [5, 5.41) is 0. The molecule has 0 radical (unpaired) electrons. The third kappa shape index (κ3) is 5.23. The van der Waals surface area contributed by atoms with E-state index in [1.54, 1.807) is 12.1 Å². The molecule has 34 heavy (non-hydrogen) atoms. The van der Waals surface area contributed by atoms with E-state index >= 15 is 0 Å². The van der Waals surface area contributed by atoms with Crippen LogP contribution < -0.4 is 10.3 Å². The summed E-state index contributed by atoms with van der Waals surface area (Å²) < 4.78 is 16.7. The summed E-state index contributed by atoms with van der Waals surface area (Å²) in [5.74, 6) is -1.99. The zero-order chi connectivity index (χ0) is 24.9. The fourth-order valence-electron chi connectivity index (χ4n) is 3.32. The lowest BCUT2D eigenvalue weighted by atomic mass is 9.88. The van der Waals surface area contributed by atoms with Gasteiger partial charge in [-0.2, -0.15) is 4.98 Å². The molecule has 3 aromatic rings. The molecule has 0 aliphatic carbocycles. The van der Waals surface area contributed by atoms with Gasteiger partial charge in [-0.25, -0.2) is 9.59 Å². The summed E-state index contributed by atoms with van der Waals surface area (Å²) in [4.78, 5) is 42.8. The van der Waals surface area contributed by atoms with Gasteiger partial charge in [0.05, 0.1) is 31.5 Å². The molecule has 1 aromatic heterocycles. The standard InChI is InChI=1S/C26H26N2O6/c1-26(2,3)21-23(34-19(25(31)33-5)16-20(29)32-4)27-22(17-12-8-6-9-13-17)28(24(21)30)18-14-10-7-11-15-18/h6-16H,1-5H3/b19-16+. The quantitative estimate of drug-likeness (QED) is 0.312. The van der Waals surface area contributed by atoms with Crippen LogP contribution in [0.2, 0.25) is 0 Å². The molecule has 0 saturated carbocycles. The number of carbonyl (C=O) groups excluding carboxylic acids is 2. The lowest BCUT2D eigenvalue weighted by Crippen LogP contribution is -2.33. The number of hydrogen-bond donors (Lipinski definition) is 0. The minimum Gasteiger partial charge on any atom is -0.466 e. The van der Waals surface area contributed by atoms with Crippen molar-refractivity contribution in [3.8, 4) is 23.0 Å². The second-order valence-electron chi connectivity index (χ2n) is 8.33. The summed E-state index contributed by atoms with van der Waals surface area (Å²) in [5.41, 5.74) is 0.401. The van der Waals surface area contributed by atoms with Crippen molar-refractivity contribution in [2.75, 3.05) is 14.2 Å². The fraction of sp³-hybridized carbons (Fsp3) is 0.231. The largest absolute Gasteiger partial charge is 0.466 e. The van der Waals surface area contributed by atoms with Crippen molar-refractivity contribution >= 4 is 11.9 Å². The van der Waals surface area contributed by atoms with Crippen molar-refractivity contribution in [2.45, 2.75) is 26.2 Å². The molecule has 0 unspecified atom stereocenters. The van der Waals surface area contributed by atoms with Gasteiger partial charge in [-0.1, -0.05) is 69.3 Å². The molecule has 0 spiro atoms. The molecular formula is C26H26N2O6. The van der Waals surface area contributed by atoms with Gasteiger partial charge in [0.15, 0.2) is 5.82 Å². The number of benzene rings is 2. The first-order valence-electron chi connectivity index (χ1n) is 10.5. The van der Waals surface area contributed by atoms with Crippen molar-refractivity contribution in [1.82, 2.24) is 9.55 Å². The van der Waals surface area contributed by atoms with Crippen LogP contribution in [-0.4, -0.2) is 35.7 Å². The average molecular weight is 463 g/mol. The Morgan fingerprint density at radius 1 is 0.912 bits per heavy atom. The first-order chi connectivity index (χ1) is 16.2. The van der Waals surface area contributed by atoms with Crippen molar-refractivity contribution in [3.05, 3.63) is 88.4 Å². The Balaban J connectivity index is 2.37. The number of ether oxygens (including phenoxy) is 3. The van der Waals surface area contributed by atoms with Crippen molar-refractivity contribution in [2.24, 2.45) is 0 Å². The lowest BCUT2D eigenvalue weighted by molar-refractivity contribution is -0.140. The number of rotatable bonds is 6. The number of esters is 2. The summed E-state index contributed by atoms with van der Waals surface area (Å²) in [6, 6.07) is 18.2. The van der Waals surface area contributed by atoms with E-state index in [-0.39, 0.29) is 17.0 Å². The Bertz CT molecular complexity index is 1270. The second kappa shape index (κ2) is 10.2. The van der Waals surface area contributed by atoms with Crippen molar-refractivity contribution in [3.63, 3.8) is 0 Å². The molecule has 0 atom stereocenters. The lowest BCUT2D eigenvalue weighted by Gasteiger charge is -2.24. The van der Waals surface area contributed by atoms with Gasteiger partial charge in [0.1, 0.15) is 0 Å². The molecule has 2 aromatic carbocycles. The first-order valence-corrected chi connectivity index (χ1v) is 10.5. The summed E-state index contributed by atoms with van der Waals surface area (Å²) >= 11 is 0. The molecule has 0 fully saturated rings. The van der Waals surface area contributed by atoms with Crippen LogP contribution in [-0.2, 0) is 24.5 Å². The van der Waals surface area contributed by atoms with Crippen LogP contribution >= 0.6 is 0 Å². The summed E-state index contributed by atoms with van der Waals surface area (Å²) in [6.07, 6.45) is 0.852. The van der Waals surface area contributed by atoms with Crippen molar-refractivity contribution in [1.29, 1.82) is 0 Å². The SMILES string of the molecule is COC(=O)/C=C(/Oc1nc(-c2ccccc2)n(-c2ccccc2)c(=O)c1C(C)(C)C)C(=O)OC. The fourth-order valence-corrected chi connectivity index (χ4v) is 3.32. The number of aromatic nitrogens is 2.